The Bertz CT molecular complexity index is 794. The minimum absolute atomic E-state index is 0.109. The van der Waals surface area contributed by atoms with Crippen molar-refractivity contribution in [1.29, 1.82) is 0 Å². The molecule has 0 radical (unpaired) electrons. The van der Waals surface area contributed by atoms with Crippen molar-refractivity contribution >= 4 is 44.8 Å². The van der Waals surface area contributed by atoms with E-state index in [1.54, 1.807) is 0 Å². The standard InChI is InChI=1S/C24H30O3Se2/c1-18(25)26-17-22(28-19-11-7-5-8-12-19)24(4)16-15-21(27-24)23(2,3)29-20-13-9-6-10-14-20/h5-14,21-22H,15-17H2,1-4H3. The van der Waals surface area contributed by atoms with Gasteiger partial charge in [0.1, 0.15) is 0 Å². The molecule has 1 fully saturated rings. The van der Waals surface area contributed by atoms with Gasteiger partial charge in [-0.1, -0.05) is 0 Å². The summed E-state index contributed by atoms with van der Waals surface area (Å²) in [6.07, 6.45) is 2.28. The van der Waals surface area contributed by atoms with E-state index in [1.165, 1.54) is 15.8 Å². The third-order valence-electron chi connectivity index (χ3n) is 5.35. The third kappa shape index (κ3) is 6.20. The van der Waals surface area contributed by atoms with Gasteiger partial charge in [-0.15, -0.1) is 0 Å². The summed E-state index contributed by atoms with van der Waals surface area (Å²) < 4.78 is 15.1. The van der Waals surface area contributed by atoms with Crippen molar-refractivity contribution in [2.75, 3.05) is 6.61 Å². The average Bonchev–Trinajstić information content (AvgIpc) is 3.10. The minimum atomic E-state index is -0.264. The molecule has 0 bridgehead atoms. The first-order chi connectivity index (χ1) is 13.8. The third-order valence-corrected chi connectivity index (χ3v) is 11.1. The van der Waals surface area contributed by atoms with Crippen molar-refractivity contribution in [2.24, 2.45) is 0 Å². The maximum atomic E-state index is 11.5. The predicted molar refractivity (Wildman–Crippen MR) is 121 cm³/mol. The molecular formula is C24H30O3Se2. The van der Waals surface area contributed by atoms with Crippen LogP contribution in [-0.4, -0.2) is 54.2 Å². The second kappa shape index (κ2) is 9.81. The Morgan fingerprint density at radius 1 is 1.14 bits per heavy atom. The van der Waals surface area contributed by atoms with Gasteiger partial charge >= 0.3 is 188 Å². The topological polar surface area (TPSA) is 35.5 Å². The van der Waals surface area contributed by atoms with Gasteiger partial charge in [-0.25, -0.2) is 0 Å². The zero-order valence-electron chi connectivity index (χ0n) is 17.6. The second-order valence-corrected chi connectivity index (χ2v) is 14.5. The Morgan fingerprint density at radius 3 is 2.31 bits per heavy atom. The number of carbonyl (C=O) groups is 1. The molecule has 29 heavy (non-hydrogen) atoms. The molecule has 0 aromatic heterocycles. The van der Waals surface area contributed by atoms with E-state index in [1.807, 2.05) is 6.07 Å². The van der Waals surface area contributed by atoms with Crippen LogP contribution in [-0.2, 0) is 14.3 Å². The molecule has 1 heterocycles. The second-order valence-electron chi connectivity index (χ2n) is 8.20. The van der Waals surface area contributed by atoms with E-state index in [-0.39, 0.29) is 41.8 Å². The molecule has 0 N–H and O–H groups in total. The van der Waals surface area contributed by atoms with Crippen LogP contribution in [0.3, 0.4) is 0 Å². The summed E-state index contributed by atoms with van der Waals surface area (Å²) in [5.41, 5.74) is -0.264. The van der Waals surface area contributed by atoms with Gasteiger partial charge in [-0.05, 0) is 0 Å². The van der Waals surface area contributed by atoms with Crippen LogP contribution in [0.4, 0.5) is 0 Å². The molecule has 1 aliphatic heterocycles. The van der Waals surface area contributed by atoms with Gasteiger partial charge in [0.25, 0.3) is 0 Å². The Balaban J connectivity index is 1.73. The number of rotatable bonds is 8. The number of ether oxygens (including phenoxy) is 2. The molecule has 156 valence electrons. The van der Waals surface area contributed by atoms with E-state index < -0.39 is 0 Å². The summed E-state index contributed by atoms with van der Waals surface area (Å²) in [6.45, 7) is 8.80. The first-order valence-electron chi connectivity index (χ1n) is 10.1. The van der Waals surface area contributed by atoms with Crippen LogP contribution in [0.25, 0.3) is 0 Å². The monoisotopic (exact) mass is 526 g/mol. The molecule has 3 atom stereocenters. The normalized spacial score (nSPS) is 23.0. The first-order valence-corrected chi connectivity index (χ1v) is 13.6. The van der Waals surface area contributed by atoms with Gasteiger partial charge in [0.05, 0.1) is 0 Å². The van der Waals surface area contributed by atoms with Gasteiger partial charge < -0.3 is 0 Å². The molecule has 2 aromatic carbocycles. The summed E-state index contributed by atoms with van der Waals surface area (Å²) in [5, 5.41) is 0. The van der Waals surface area contributed by atoms with Crippen LogP contribution in [0.15, 0.2) is 60.7 Å². The van der Waals surface area contributed by atoms with E-state index in [2.05, 4.69) is 75.4 Å². The zero-order chi connectivity index (χ0) is 20.9. The number of carbonyl (C=O) groups excluding carboxylic acids is 1. The SMILES string of the molecule is CC(=O)OCC([Se]c1ccccc1)C1(C)CCC(C(C)(C)[Se]c2ccccc2)O1. The van der Waals surface area contributed by atoms with E-state index >= 15 is 0 Å². The van der Waals surface area contributed by atoms with Crippen molar-refractivity contribution < 1.29 is 14.3 Å². The number of hydrogen-bond acceptors (Lipinski definition) is 3. The molecule has 0 saturated carbocycles. The Hall–Kier alpha value is -1.09. The van der Waals surface area contributed by atoms with Crippen LogP contribution >= 0.6 is 0 Å². The fourth-order valence-corrected chi connectivity index (χ4v) is 8.67. The molecule has 1 saturated heterocycles. The van der Waals surface area contributed by atoms with Gasteiger partial charge in [-0.3, -0.25) is 0 Å². The van der Waals surface area contributed by atoms with Crippen molar-refractivity contribution in [3.05, 3.63) is 60.7 Å². The molecule has 3 rings (SSSR count). The summed E-state index contributed by atoms with van der Waals surface area (Å²) in [4.78, 5) is 11.7. The fraction of sp³-hybridized carbons (Fsp3) is 0.458. The van der Waals surface area contributed by atoms with Gasteiger partial charge in [0, 0.05) is 0 Å². The average molecular weight is 524 g/mol. The molecule has 0 spiro atoms. The van der Waals surface area contributed by atoms with E-state index in [0.29, 0.717) is 21.6 Å². The first kappa shape index (κ1) is 22.6. The number of esters is 1. The van der Waals surface area contributed by atoms with E-state index in [4.69, 9.17) is 9.47 Å². The van der Waals surface area contributed by atoms with Crippen LogP contribution in [0, 0.1) is 0 Å². The molecule has 3 unspecified atom stereocenters. The number of hydrogen-bond donors (Lipinski definition) is 0. The summed E-state index contributed by atoms with van der Waals surface area (Å²) in [7, 11) is 0. The maximum absolute atomic E-state index is 11.5. The van der Waals surface area contributed by atoms with E-state index in [9.17, 15) is 4.79 Å². The summed E-state index contributed by atoms with van der Waals surface area (Å²) in [5.74, 6) is -0.218. The number of benzene rings is 2. The van der Waals surface area contributed by atoms with Crippen molar-refractivity contribution in [1.82, 2.24) is 0 Å². The Morgan fingerprint density at radius 2 is 1.72 bits per heavy atom. The molecule has 0 aliphatic carbocycles. The Kier molecular flexibility index (Phi) is 7.64. The summed E-state index contributed by atoms with van der Waals surface area (Å²) >= 11 is 0.509. The molecule has 3 nitrogen and oxygen atoms in total. The molecule has 0 amide bonds. The van der Waals surface area contributed by atoms with Gasteiger partial charge in [0.2, 0.25) is 0 Å². The fourth-order valence-electron chi connectivity index (χ4n) is 3.64. The Labute approximate surface area is 187 Å². The molecule has 1 aliphatic rings. The predicted octanol–water partition coefficient (Wildman–Crippen LogP) is 3.53. The van der Waals surface area contributed by atoms with Crippen LogP contribution in [0.2, 0.25) is 9.13 Å². The van der Waals surface area contributed by atoms with E-state index in [0.717, 1.165) is 12.8 Å². The van der Waals surface area contributed by atoms with Crippen molar-refractivity contribution in [3.63, 3.8) is 0 Å². The molecular weight excluding hydrogens is 494 g/mol. The van der Waals surface area contributed by atoms with Crippen molar-refractivity contribution in [3.8, 4) is 0 Å². The van der Waals surface area contributed by atoms with Gasteiger partial charge in [0.15, 0.2) is 0 Å². The summed E-state index contributed by atoms with van der Waals surface area (Å²) in [6, 6.07) is 21.3. The van der Waals surface area contributed by atoms with Crippen molar-refractivity contribution in [2.45, 2.75) is 61.4 Å². The molecule has 5 heteroatoms. The molecule has 2 aromatic rings. The zero-order valence-corrected chi connectivity index (χ0v) is 21.0. The van der Waals surface area contributed by atoms with Crippen LogP contribution in [0.5, 0.6) is 0 Å². The van der Waals surface area contributed by atoms with Crippen LogP contribution in [0.1, 0.15) is 40.5 Å². The quantitative estimate of drug-likeness (QED) is 0.392. The van der Waals surface area contributed by atoms with Gasteiger partial charge in [-0.2, -0.15) is 0 Å². The van der Waals surface area contributed by atoms with Crippen LogP contribution < -0.4 is 8.92 Å².